The molecule has 1 aromatic carbocycles. The van der Waals surface area contributed by atoms with E-state index in [-0.39, 0.29) is 29.7 Å². The van der Waals surface area contributed by atoms with Crippen LogP contribution in [-0.4, -0.2) is 34.3 Å². The maximum Gasteiger partial charge on any atom is 0.225 e. The zero-order valence-corrected chi connectivity index (χ0v) is 14.0. The molecule has 3 aliphatic heterocycles. The summed E-state index contributed by atoms with van der Waals surface area (Å²) < 4.78 is 6.39. The van der Waals surface area contributed by atoms with Crippen molar-refractivity contribution in [1.82, 2.24) is 4.90 Å². The Kier molecular flexibility index (Phi) is 3.09. The molecule has 1 aromatic rings. The third kappa shape index (κ3) is 2.03. The zero-order chi connectivity index (χ0) is 16.4. The van der Waals surface area contributed by atoms with E-state index >= 15 is 0 Å². The number of hydrogen-bond acceptors (Lipinski definition) is 3. The first-order valence-electron chi connectivity index (χ1n) is 8.56. The van der Waals surface area contributed by atoms with Crippen molar-refractivity contribution < 1.29 is 14.3 Å². The summed E-state index contributed by atoms with van der Waals surface area (Å²) in [6, 6.07) is 6.07. The lowest BCUT2D eigenvalue weighted by atomic mass is 9.78. The molecule has 4 rings (SSSR count). The summed E-state index contributed by atoms with van der Waals surface area (Å²) in [6.07, 6.45) is 3.16. The number of ketones is 1. The van der Waals surface area contributed by atoms with Crippen molar-refractivity contribution in [2.24, 2.45) is 5.92 Å². The molecule has 122 valence electrons. The molecule has 0 aromatic heterocycles. The highest BCUT2D eigenvalue weighted by Gasteiger charge is 2.61. The largest absolute Gasteiger partial charge is 0.484 e. The lowest BCUT2D eigenvalue weighted by Crippen LogP contribution is -2.52. The van der Waals surface area contributed by atoms with Crippen LogP contribution in [0.5, 0.6) is 5.75 Å². The molecule has 0 saturated carbocycles. The van der Waals surface area contributed by atoms with Gasteiger partial charge in [-0.05, 0) is 31.9 Å². The molecule has 2 saturated heterocycles. The Morgan fingerprint density at radius 3 is 2.87 bits per heavy atom. The molecule has 0 radical (unpaired) electrons. The average Bonchev–Trinajstić information content (AvgIpc) is 3.02. The number of rotatable bonds is 1. The van der Waals surface area contributed by atoms with E-state index in [0.717, 1.165) is 24.8 Å². The number of Topliss-reactive ketones (excluding diaryl/α,β-unsaturated/α-hetero) is 1. The first kappa shape index (κ1) is 14.7. The molecule has 2 fully saturated rings. The van der Waals surface area contributed by atoms with E-state index in [9.17, 15) is 9.59 Å². The molecular formula is C19H23NO3. The number of carbonyl (C=O) groups is 2. The van der Waals surface area contributed by atoms with Crippen LogP contribution >= 0.6 is 0 Å². The van der Waals surface area contributed by atoms with Crippen molar-refractivity contribution in [1.29, 1.82) is 0 Å². The van der Waals surface area contributed by atoms with Crippen molar-refractivity contribution >= 4 is 11.7 Å². The number of ether oxygens (including phenoxy) is 1. The first-order valence-corrected chi connectivity index (χ1v) is 8.56. The number of amides is 1. The second kappa shape index (κ2) is 4.83. The molecule has 23 heavy (non-hydrogen) atoms. The lowest BCUT2D eigenvalue weighted by Gasteiger charge is -2.40. The summed E-state index contributed by atoms with van der Waals surface area (Å²) in [7, 11) is 0. The monoisotopic (exact) mass is 313 g/mol. The minimum atomic E-state index is -0.507. The van der Waals surface area contributed by atoms with Crippen LogP contribution in [-0.2, 0) is 4.79 Å². The third-order valence-corrected chi connectivity index (χ3v) is 5.65. The van der Waals surface area contributed by atoms with Crippen LogP contribution in [0.15, 0.2) is 18.2 Å². The molecule has 2 bridgehead atoms. The number of carbonyl (C=O) groups excluding carboxylic acids is 2. The van der Waals surface area contributed by atoms with Gasteiger partial charge < -0.3 is 9.64 Å². The fraction of sp³-hybridized carbons (Fsp3) is 0.579. The van der Waals surface area contributed by atoms with Crippen molar-refractivity contribution in [2.75, 3.05) is 0 Å². The Labute approximate surface area is 136 Å². The summed E-state index contributed by atoms with van der Waals surface area (Å²) in [5.74, 6) is 1.03. The van der Waals surface area contributed by atoms with Crippen LogP contribution < -0.4 is 4.74 Å². The summed E-state index contributed by atoms with van der Waals surface area (Å²) in [5, 5.41) is 0. The highest BCUT2D eigenvalue weighted by Crippen LogP contribution is 2.51. The standard InChI is InChI=1S/C19H23NO3/c1-11(2)18(22)20-13-5-7-17(20)19(9-13)10-15(21)14-8-12(3)4-6-16(14)23-19/h4,6,8,11,13,17H,5,7,9-10H2,1-3H3/t13-,17-,19-/m0/s1. The molecule has 1 spiro atoms. The van der Waals surface area contributed by atoms with Gasteiger partial charge in [0.05, 0.1) is 18.0 Å². The normalized spacial score (nSPS) is 31.7. The second-order valence-electron chi connectivity index (χ2n) is 7.62. The van der Waals surface area contributed by atoms with E-state index in [1.165, 1.54) is 0 Å². The number of hydrogen-bond donors (Lipinski definition) is 0. The van der Waals surface area contributed by atoms with Gasteiger partial charge in [0, 0.05) is 18.4 Å². The van der Waals surface area contributed by atoms with Gasteiger partial charge in [0.25, 0.3) is 0 Å². The van der Waals surface area contributed by atoms with Crippen molar-refractivity contribution in [3.63, 3.8) is 0 Å². The predicted octanol–water partition coefficient (Wildman–Crippen LogP) is 3.12. The Morgan fingerprint density at radius 1 is 1.35 bits per heavy atom. The molecule has 3 atom stereocenters. The number of fused-ring (bicyclic) bond motifs is 4. The van der Waals surface area contributed by atoms with Crippen molar-refractivity contribution in [3.05, 3.63) is 29.3 Å². The fourth-order valence-corrected chi connectivity index (χ4v) is 4.64. The predicted molar refractivity (Wildman–Crippen MR) is 86.6 cm³/mol. The molecule has 0 N–H and O–H groups in total. The smallest absolute Gasteiger partial charge is 0.225 e. The first-order chi connectivity index (χ1) is 10.9. The summed E-state index contributed by atoms with van der Waals surface area (Å²) in [4.78, 5) is 27.3. The van der Waals surface area contributed by atoms with Gasteiger partial charge in [0.15, 0.2) is 5.78 Å². The molecule has 3 aliphatic rings. The topological polar surface area (TPSA) is 46.6 Å². The Hall–Kier alpha value is -1.84. The van der Waals surface area contributed by atoms with Crippen LogP contribution in [0, 0.1) is 12.8 Å². The van der Waals surface area contributed by atoms with Crippen molar-refractivity contribution in [2.45, 2.75) is 64.1 Å². The number of aryl methyl sites for hydroxylation is 1. The van der Waals surface area contributed by atoms with Crippen LogP contribution in [0.2, 0.25) is 0 Å². The van der Waals surface area contributed by atoms with E-state index in [2.05, 4.69) is 0 Å². The summed E-state index contributed by atoms with van der Waals surface area (Å²) >= 11 is 0. The van der Waals surface area contributed by atoms with E-state index in [4.69, 9.17) is 4.74 Å². The molecule has 4 heteroatoms. The molecule has 0 aliphatic carbocycles. The molecule has 4 nitrogen and oxygen atoms in total. The van der Waals surface area contributed by atoms with E-state index < -0.39 is 5.60 Å². The molecule has 3 heterocycles. The van der Waals surface area contributed by atoms with Crippen LogP contribution in [0.3, 0.4) is 0 Å². The Bertz CT molecular complexity index is 696. The van der Waals surface area contributed by atoms with Gasteiger partial charge in [-0.25, -0.2) is 0 Å². The average molecular weight is 313 g/mol. The van der Waals surface area contributed by atoms with Crippen molar-refractivity contribution in [3.8, 4) is 5.75 Å². The molecular weight excluding hydrogens is 290 g/mol. The quantitative estimate of drug-likeness (QED) is 0.800. The second-order valence-corrected chi connectivity index (χ2v) is 7.62. The van der Waals surface area contributed by atoms with Crippen LogP contribution in [0.25, 0.3) is 0 Å². The Morgan fingerprint density at radius 2 is 2.13 bits per heavy atom. The fourth-order valence-electron chi connectivity index (χ4n) is 4.64. The van der Waals surface area contributed by atoms with Gasteiger partial charge in [-0.3, -0.25) is 9.59 Å². The number of nitrogens with zero attached hydrogens (tertiary/aromatic N) is 1. The minimum Gasteiger partial charge on any atom is -0.484 e. The van der Waals surface area contributed by atoms with Gasteiger partial charge in [-0.15, -0.1) is 0 Å². The third-order valence-electron chi connectivity index (χ3n) is 5.65. The van der Waals surface area contributed by atoms with E-state index in [1.807, 2.05) is 43.9 Å². The van der Waals surface area contributed by atoms with Crippen LogP contribution in [0.1, 0.15) is 55.5 Å². The minimum absolute atomic E-state index is 0.0116. The highest BCUT2D eigenvalue weighted by molar-refractivity contribution is 6.00. The van der Waals surface area contributed by atoms with Gasteiger partial charge in [0.1, 0.15) is 11.4 Å². The van der Waals surface area contributed by atoms with Crippen LogP contribution in [0.4, 0.5) is 0 Å². The van der Waals surface area contributed by atoms with E-state index in [1.54, 1.807) is 0 Å². The summed E-state index contributed by atoms with van der Waals surface area (Å²) in [6.45, 7) is 5.87. The molecule has 1 amide bonds. The highest BCUT2D eigenvalue weighted by atomic mass is 16.5. The van der Waals surface area contributed by atoms with Gasteiger partial charge in [-0.1, -0.05) is 25.5 Å². The summed E-state index contributed by atoms with van der Waals surface area (Å²) in [5.41, 5.74) is 1.26. The molecule has 0 unspecified atom stereocenters. The lowest BCUT2D eigenvalue weighted by molar-refractivity contribution is -0.137. The SMILES string of the molecule is Cc1ccc2c(c1)C(=O)C[C@]1(C[C@@H]3CC[C@@H]1N3C(=O)C(C)C)O2. The Balaban J connectivity index is 1.70. The van der Waals surface area contributed by atoms with Gasteiger partial charge >= 0.3 is 0 Å². The van der Waals surface area contributed by atoms with E-state index in [0.29, 0.717) is 17.7 Å². The maximum absolute atomic E-state index is 12.7. The maximum atomic E-state index is 12.7. The number of benzene rings is 1. The van der Waals surface area contributed by atoms with Gasteiger partial charge in [0.2, 0.25) is 5.91 Å². The van der Waals surface area contributed by atoms with Gasteiger partial charge in [-0.2, -0.15) is 0 Å². The zero-order valence-electron chi connectivity index (χ0n) is 14.0.